The van der Waals surface area contributed by atoms with Crippen molar-refractivity contribution in [1.82, 2.24) is 15.1 Å². The van der Waals surface area contributed by atoms with E-state index in [9.17, 15) is 9.59 Å². The van der Waals surface area contributed by atoms with Crippen molar-refractivity contribution < 1.29 is 14.7 Å². The molecule has 0 spiro atoms. The Kier molecular flexibility index (Phi) is 5.45. The Hall–Kier alpha value is -1.30. The van der Waals surface area contributed by atoms with Gasteiger partial charge < -0.3 is 15.3 Å². The van der Waals surface area contributed by atoms with E-state index in [0.29, 0.717) is 6.04 Å². The summed E-state index contributed by atoms with van der Waals surface area (Å²) < 4.78 is 0. The standard InChI is InChI=1S/C15H27N3O3/c1-3-18(10-14(19)20)13-8-11(9-13)16-15(21)17(2)12-6-4-5-7-12/h11-13H,3-10H2,1-2H3,(H,16,21)(H,19,20). The van der Waals surface area contributed by atoms with Gasteiger partial charge in [-0.3, -0.25) is 9.69 Å². The van der Waals surface area contributed by atoms with Crippen LogP contribution >= 0.6 is 0 Å². The summed E-state index contributed by atoms with van der Waals surface area (Å²) >= 11 is 0. The lowest BCUT2D eigenvalue weighted by molar-refractivity contribution is -0.139. The van der Waals surface area contributed by atoms with Gasteiger partial charge in [0.15, 0.2) is 0 Å². The summed E-state index contributed by atoms with van der Waals surface area (Å²) in [6, 6.07) is 0.883. The van der Waals surface area contributed by atoms with Crippen LogP contribution in [0.5, 0.6) is 0 Å². The first-order chi connectivity index (χ1) is 10.0. The van der Waals surface area contributed by atoms with E-state index in [1.165, 1.54) is 12.8 Å². The highest BCUT2D eigenvalue weighted by Crippen LogP contribution is 2.27. The predicted octanol–water partition coefficient (Wildman–Crippen LogP) is 1.51. The van der Waals surface area contributed by atoms with Crippen molar-refractivity contribution in [1.29, 1.82) is 0 Å². The van der Waals surface area contributed by atoms with Crippen LogP contribution in [0.4, 0.5) is 4.79 Å². The van der Waals surface area contributed by atoms with Gasteiger partial charge in [0.1, 0.15) is 0 Å². The average Bonchev–Trinajstić information content (AvgIpc) is 2.92. The van der Waals surface area contributed by atoms with Crippen molar-refractivity contribution in [3.63, 3.8) is 0 Å². The molecule has 2 aliphatic carbocycles. The number of hydrogen-bond acceptors (Lipinski definition) is 3. The third-order valence-electron chi connectivity index (χ3n) is 4.89. The molecule has 2 amide bonds. The fourth-order valence-corrected chi connectivity index (χ4v) is 3.41. The van der Waals surface area contributed by atoms with Gasteiger partial charge in [0, 0.05) is 25.2 Å². The number of amides is 2. The number of rotatable bonds is 6. The minimum absolute atomic E-state index is 0.0200. The molecule has 0 bridgehead atoms. The van der Waals surface area contributed by atoms with Gasteiger partial charge in [-0.15, -0.1) is 0 Å². The van der Waals surface area contributed by atoms with Crippen LogP contribution in [0.25, 0.3) is 0 Å². The number of hydrogen-bond donors (Lipinski definition) is 2. The van der Waals surface area contributed by atoms with E-state index >= 15 is 0 Å². The van der Waals surface area contributed by atoms with Gasteiger partial charge in [-0.05, 0) is 32.2 Å². The van der Waals surface area contributed by atoms with E-state index in [4.69, 9.17) is 5.11 Å². The normalized spacial score (nSPS) is 25.7. The molecule has 0 aliphatic heterocycles. The van der Waals surface area contributed by atoms with Crippen molar-refractivity contribution >= 4 is 12.0 Å². The molecule has 2 fully saturated rings. The van der Waals surface area contributed by atoms with Gasteiger partial charge in [0.25, 0.3) is 0 Å². The molecule has 6 nitrogen and oxygen atoms in total. The third kappa shape index (κ3) is 4.09. The van der Waals surface area contributed by atoms with Crippen molar-refractivity contribution in [3.8, 4) is 0 Å². The molecule has 2 rings (SSSR count). The number of carbonyl (C=O) groups is 2. The van der Waals surface area contributed by atoms with E-state index < -0.39 is 5.97 Å². The number of nitrogens with zero attached hydrogens (tertiary/aromatic N) is 2. The van der Waals surface area contributed by atoms with E-state index in [1.807, 2.05) is 23.8 Å². The lowest BCUT2D eigenvalue weighted by atomic mass is 9.85. The van der Waals surface area contributed by atoms with Crippen LogP contribution < -0.4 is 5.32 Å². The zero-order valence-electron chi connectivity index (χ0n) is 13.0. The monoisotopic (exact) mass is 297 g/mol. The number of likely N-dealkylation sites (N-methyl/N-ethyl adjacent to an activating group) is 1. The Balaban J connectivity index is 1.71. The summed E-state index contributed by atoms with van der Waals surface area (Å²) in [7, 11) is 1.88. The van der Waals surface area contributed by atoms with Gasteiger partial charge in [-0.1, -0.05) is 19.8 Å². The molecule has 0 unspecified atom stereocenters. The molecule has 0 aromatic heterocycles. The Bertz CT molecular complexity index is 376. The van der Waals surface area contributed by atoms with E-state index in [0.717, 1.165) is 32.2 Å². The molecule has 0 aromatic carbocycles. The second kappa shape index (κ2) is 7.11. The Morgan fingerprint density at radius 3 is 2.33 bits per heavy atom. The van der Waals surface area contributed by atoms with Gasteiger partial charge in [-0.25, -0.2) is 4.79 Å². The molecule has 0 saturated heterocycles. The van der Waals surface area contributed by atoms with Crippen LogP contribution in [0.1, 0.15) is 45.4 Å². The summed E-state index contributed by atoms with van der Waals surface area (Å²) in [6.07, 6.45) is 6.36. The highest BCUT2D eigenvalue weighted by atomic mass is 16.4. The van der Waals surface area contributed by atoms with Crippen LogP contribution in [0.2, 0.25) is 0 Å². The lowest BCUT2D eigenvalue weighted by Crippen LogP contribution is -2.57. The second-order valence-electron chi connectivity index (χ2n) is 6.28. The lowest BCUT2D eigenvalue weighted by Gasteiger charge is -2.43. The Morgan fingerprint density at radius 1 is 1.19 bits per heavy atom. The molecule has 21 heavy (non-hydrogen) atoms. The fraction of sp³-hybridized carbons (Fsp3) is 0.867. The SMILES string of the molecule is CCN(CC(=O)O)C1CC(NC(=O)N(C)C2CCCC2)C1. The maximum atomic E-state index is 12.2. The summed E-state index contributed by atoms with van der Waals surface area (Å²) in [5.74, 6) is -0.787. The minimum Gasteiger partial charge on any atom is -0.480 e. The van der Waals surface area contributed by atoms with E-state index in [1.54, 1.807) is 0 Å². The average molecular weight is 297 g/mol. The number of carboxylic acid groups (broad SMARTS) is 1. The maximum Gasteiger partial charge on any atom is 0.317 e. The first-order valence-corrected chi connectivity index (χ1v) is 8.00. The van der Waals surface area contributed by atoms with Crippen molar-refractivity contribution in [2.45, 2.75) is 63.6 Å². The summed E-state index contributed by atoms with van der Waals surface area (Å²) in [4.78, 5) is 26.8. The van der Waals surface area contributed by atoms with Crippen molar-refractivity contribution in [2.75, 3.05) is 20.1 Å². The quantitative estimate of drug-likeness (QED) is 0.779. The molecule has 2 N–H and O–H groups in total. The first-order valence-electron chi connectivity index (χ1n) is 8.00. The number of urea groups is 1. The van der Waals surface area contributed by atoms with E-state index in [2.05, 4.69) is 5.32 Å². The number of aliphatic carboxylic acids is 1. The molecule has 0 aromatic rings. The van der Waals surface area contributed by atoms with Gasteiger partial charge in [0.2, 0.25) is 0 Å². The zero-order valence-corrected chi connectivity index (χ0v) is 13.0. The highest BCUT2D eigenvalue weighted by Gasteiger charge is 2.35. The molecule has 6 heteroatoms. The van der Waals surface area contributed by atoms with Crippen LogP contribution in [-0.2, 0) is 4.79 Å². The predicted molar refractivity (Wildman–Crippen MR) is 80.2 cm³/mol. The third-order valence-corrected chi connectivity index (χ3v) is 4.89. The summed E-state index contributed by atoms with van der Waals surface area (Å²) in [6.45, 7) is 2.80. The van der Waals surface area contributed by atoms with Crippen LogP contribution in [0.3, 0.4) is 0 Å². The number of carboxylic acids is 1. The molecule has 0 heterocycles. The fourth-order valence-electron chi connectivity index (χ4n) is 3.41. The zero-order chi connectivity index (χ0) is 15.4. The van der Waals surface area contributed by atoms with Gasteiger partial charge in [-0.2, -0.15) is 0 Å². The molecular formula is C15H27N3O3. The van der Waals surface area contributed by atoms with Gasteiger partial charge >= 0.3 is 12.0 Å². The Labute approximate surface area is 126 Å². The van der Waals surface area contributed by atoms with E-state index in [-0.39, 0.29) is 24.7 Å². The number of nitrogens with one attached hydrogen (secondary N) is 1. The smallest absolute Gasteiger partial charge is 0.317 e. The largest absolute Gasteiger partial charge is 0.480 e. The molecular weight excluding hydrogens is 270 g/mol. The molecule has 0 atom stereocenters. The molecule has 2 saturated carbocycles. The van der Waals surface area contributed by atoms with Crippen LogP contribution in [0.15, 0.2) is 0 Å². The topological polar surface area (TPSA) is 72.9 Å². The van der Waals surface area contributed by atoms with Crippen LogP contribution in [0, 0.1) is 0 Å². The summed E-state index contributed by atoms with van der Waals surface area (Å²) in [5, 5.41) is 11.9. The molecule has 120 valence electrons. The number of carbonyl (C=O) groups excluding carboxylic acids is 1. The van der Waals surface area contributed by atoms with Crippen molar-refractivity contribution in [3.05, 3.63) is 0 Å². The van der Waals surface area contributed by atoms with Crippen LogP contribution in [-0.4, -0.2) is 65.2 Å². The maximum absolute atomic E-state index is 12.2. The minimum atomic E-state index is -0.787. The van der Waals surface area contributed by atoms with Crippen molar-refractivity contribution in [2.24, 2.45) is 0 Å². The Morgan fingerprint density at radius 2 is 1.81 bits per heavy atom. The second-order valence-corrected chi connectivity index (χ2v) is 6.28. The molecule has 2 aliphatic rings. The summed E-state index contributed by atoms with van der Waals surface area (Å²) in [5.41, 5.74) is 0. The first kappa shape index (κ1) is 16.1. The van der Waals surface area contributed by atoms with Gasteiger partial charge in [0.05, 0.1) is 6.54 Å². The molecule has 0 radical (unpaired) electrons. The highest BCUT2D eigenvalue weighted by molar-refractivity contribution is 5.74.